The highest BCUT2D eigenvalue weighted by Gasteiger charge is 2.28. The Morgan fingerprint density at radius 2 is 2.04 bits per heavy atom. The summed E-state index contributed by atoms with van der Waals surface area (Å²) in [5.74, 6) is -0.753. The summed E-state index contributed by atoms with van der Waals surface area (Å²) in [7, 11) is 1.41. The molecule has 1 aromatic rings. The van der Waals surface area contributed by atoms with Crippen LogP contribution in [0.2, 0.25) is 0 Å². The number of carbonyl (C=O) groups excluding carboxylic acids is 2. The molecule has 0 radical (unpaired) electrons. The summed E-state index contributed by atoms with van der Waals surface area (Å²) in [6.07, 6.45) is 2.71. The van der Waals surface area contributed by atoms with Crippen molar-refractivity contribution in [1.29, 1.82) is 0 Å². The van der Waals surface area contributed by atoms with Crippen LogP contribution in [0.5, 0.6) is 5.75 Å². The molecule has 0 saturated heterocycles. The Balaban J connectivity index is 1.79. The van der Waals surface area contributed by atoms with E-state index >= 15 is 0 Å². The van der Waals surface area contributed by atoms with Crippen molar-refractivity contribution in [2.24, 2.45) is 5.92 Å². The van der Waals surface area contributed by atoms with Crippen LogP contribution >= 0.6 is 0 Å². The van der Waals surface area contributed by atoms with Gasteiger partial charge in [0.1, 0.15) is 5.75 Å². The van der Waals surface area contributed by atoms with Gasteiger partial charge in [-0.25, -0.2) is 4.79 Å². The Bertz CT molecular complexity index is 610. The van der Waals surface area contributed by atoms with Crippen molar-refractivity contribution in [1.82, 2.24) is 5.32 Å². The smallest absolute Gasteiger partial charge is 0.335 e. The third-order valence-corrected chi connectivity index (χ3v) is 3.55. The molecule has 1 fully saturated rings. The van der Waals surface area contributed by atoms with Crippen LogP contribution in [-0.2, 0) is 9.59 Å². The second-order valence-electron chi connectivity index (χ2n) is 5.44. The maximum Gasteiger partial charge on any atom is 0.335 e. The van der Waals surface area contributed by atoms with Gasteiger partial charge in [0, 0.05) is 18.9 Å². The number of nitrogens with one attached hydrogen (secondary N) is 2. The fourth-order valence-electron chi connectivity index (χ4n) is 2.09. The first-order chi connectivity index (χ1) is 11.0. The summed E-state index contributed by atoms with van der Waals surface area (Å²) >= 11 is 0. The van der Waals surface area contributed by atoms with E-state index in [1.54, 1.807) is 0 Å². The fraction of sp³-hybridized carbons (Fsp3) is 0.438. The minimum atomic E-state index is -1.06. The minimum absolute atomic E-state index is 0.0661. The van der Waals surface area contributed by atoms with Crippen LogP contribution in [-0.4, -0.2) is 36.5 Å². The first kappa shape index (κ1) is 16.8. The van der Waals surface area contributed by atoms with E-state index in [1.807, 2.05) is 0 Å². The van der Waals surface area contributed by atoms with Gasteiger partial charge < -0.3 is 20.5 Å². The van der Waals surface area contributed by atoms with Gasteiger partial charge in [-0.2, -0.15) is 0 Å². The molecule has 0 spiro atoms. The average Bonchev–Trinajstić information content (AvgIpc) is 3.36. The molecule has 2 rings (SSSR count). The minimum Gasteiger partial charge on any atom is -0.495 e. The number of ether oxygens (including phenoxy) is 1. The van der Waals surface area contributed by atoms with Gasteiger partial charge in [0.15, 0.2) is 0 Å². The number of hydrogen-bond donors (Lipinski definition) is 3. The number of carboxylic acid groups (broad SMARTS) is 1. The maximum atomic E-state index is 11.9. The predicted molar refractivity (Wildman–Crippen MR) is 83.6 cm³/mol. The molecule has 0 aliphatic heterocycles. The van der Waals surface area contributed by atoms with Crippen molar-refractivity contribution < 1.29 is 24.2 Å². The standard InChI is InChI=1S/C16H20N2O5/c1-23-13-9-11(16(21)22)6-7-12(13)18-14(19)3-2-8-17-15(20)10-4-5-10/h6-7,9-10H,2-5,8H2,1H3,(H,17,20)(H,18,19)(H,21,22). The maximum absolute atomic E-state index is 11.9. The van der Waals surface area contributed by atoms with E-state index in [2.05, 4.69) is 10.6 Å². The van der Waals surface area contributed by atoms with Crippen molar-refractivity contribution >= 4 is 23.5 Å². The van der Waals surface area contributed by atoms with E-state index in [-0.39, 0.29) is 29.7 Å². The van der Waals surface area contributed by atoms with E-state index < -0.39 is 5.97 Å². The molecule has 1 aliphatic carbocycles. The number of methoxy groups -OCH3 is 1. The van der Waals surface area contributed by atoms with E-state index in [0.717, 1.165) is 12.8 Å². The molecular weight excluding hydrogens is 300 g/mol. The Morgan fingerprint density at radius 1 is 1.30 bits per heavy atom. The third kappa shape index (κ3) is 4.98. The molecule has 0 atom stereocenters. The lowest BCUT2D eigenvalue weighted by Gasteiger charge is -2.11. The topological polar surface area (TPSA) is 105 Å². The van der Waals surface area contributed by atoms with Gasteiger partial charge in [0.2, 0.25) is 11.8 Å². The van der Waals surface area contributed by atoms with Crippen LogP contribution in [0.1, 0.15) is 36.0 Å². The summed E-state index contributed by atoms with van der Waals surface area (Å²) in [6.45, 7) is 0.470. The summed E-state index contributed by atoms with van der Waals surface area (Å²) in [5, 5.41) is 14.4. The highest BCUT2D eigenvalue weighted by Crippen LogP contribution is 2.28. The lowest BCUT2D eigenvalue weighted by atomic mass is 10.2. The van der Waals surface area contributed by atoms with Gasteiger partial charge in [0.05, 0.1) is 18.4 Å². The Labute approximate surface area is 134 Å². The molecule has 0 bridgehead atoms. The van der Waals surface area contributed by atoms with E-state index in [9.17, 15) is 14.4 Å². The molecule has 1 saturated carbocycles. The normalized spacial score (nSPS) is 13.3. The number of aromatic carboxylic acids is 1. The van der Waals surface area contributed by atoms with Crippen LogP contribution in [0.15, 0.2) is 18.2 Å². The number of benzene rings is 1. The van der Waals surface area contributed by atoms with Gasteiger partial charge in [0.25, 0.3) is 0 Å². The highest BCUT2D eigenvalue weighted by molar-refractivity contribution is 5.94. The molecule has 2 amide bonds. The second-order valence-corrected chi connectivity index (χ2v) is 5.44. The van der Waals surface area contributed by atoms with Gasteiger partial charge in [-0.1, -0.05) is 0 Å². The van der Waals surface area contributed by atoms with Crippen molar-refractivity contribution in [3.63, 3.8) is 0 Å². The van der Waals surface area contributed by atoms with Crippen molar-refractivity contribution in [3.05, 3.63) is 23.8 Å². The molecule has 7 nitrogen and oxygen atoms in total. The highest BCUT2D eigenvalue weighted by atomic mass is 16.5. The van der Waals surface area contributed by atoms with Crippen LogP contribution in [0.4, 0.5) is 5.69 Å². The molecule has 0 heterocycles. The van der Waals surface area contributed by atoms with Crippen LogP contribution in [0.25, 0.3) is 0 Å². The zero-order valence-corrected chi connectivity index (χ0v) is 12.9. The van der Waals surface area contributed by atoms with Gasteiger partial charge in [-0.05, 0) is 37.5 Å². The first-order valence-electron chi connectivity index (χ1n) is 7.50. The summed E-state index contributed by atoms with van der Waals surface area (Å²) in [4.78, 5) is 34.2. The quantitative estimate of drug-likeness (QED) is 0.632. The van der Waals surface area contributed by atoms with Crippen molar-refractivity contribution in [2.75, 3.05) is 19.0 Å². The van der Waals surface area contributed by atoms with E-state index in [1.165, 1.54) is 25.3 Å². The monoisotopic (exact) mass is 320 g/mol. The first-order valence-corrected chi connectivity index (χ1v) is 7.50. The second kappa shape index (κ2) is 7.62. The number of rotatable bonds is 8. The predicted octanol–water partition coefficient (Wildman–Crippen LogP) is 1.64. The number of anilines is 1. The Kier molecular flexibility index (Phi) is 5.56. The summed E-state index contributed by atoms with van der Waals surface area (Å²) in [6, 6.07) is 4.25. The van der Waals surface area contributed by atoms with E-state index in [4.69, 9.17) is 9.84 Å². The molecule has 23 heavy (non-hydrogen) atoms. The lowest BCUT2D eigenvalue weighted by molar-refractivity contribution is -0.122. The zero-order chi connectivity index (χ0) is 16.8. The summed E-state index contributed by atoms with van der Waals surface area (Å²) in [5.41, 5.74) is 0.507. The van der Waals surface area contributed by atoms with Crippen molar-refractivity contribution in [2.45, 2.75) is 25.7 Å². The molecule has 0 unspecified atom stereocenters. The number of carbonyl (C=O) groups is 3. The largest absolute Gasteiger partial charge is 0.495 e. The van der Waals surface area contributed by atoms with Crippen LogP contribution in [0.3, 0.4) is 0 Å². The molecule has 7 heteroatoms. The number of hydrogen-bond acceptors (Lipinski definition) is 4. The molecular formula is C16H20N2O5. The SMILES string of the molecule is COc1cc(C(=O)O)ccc1NC(=O)CCCNC(=O)C1CC1. The summed E-state index contributed by atoms with van der Waals surface area (Å²) < 4.78 is 5.09. The molecule has 1 aliphatic rings. The number of amides is 2. The van der Waals surface area contributed by atoms with Crippen LogP contribution < -0.4 is 15.4 Å². The Hall–Kier alpha value is -2.57. The molecule has 124 valence electrons. The molecule has 3 N–H and O–H groups in total. The zero-order valence-electron chi connectivity index (χ0n) is 12.9. The Morgan fingerprint density at radius 3 is 2.65 bits per heavy atom. The fourth-order valence-corrected chi connectivity index (χ4v) is 2.09. The molecule has 0 aromatic heterocycles. The van der Waals surface area contributed by atoms with Gasteiger partial charge in [-0.3, -0.25) is 9.59 Å². The molecule has 1 aromatic carbocycles. The van der Waals surface area contributed by atoms with Crippen molar-refractivity contribution in [3.8, 4) is 5.75 Å². The number of carboxylic acids is 1. The van der Waals surface area contributed by atoms with Crippen LogP contribution in [0, 0.1) is 5.92 Å². The van der Waals surface area contributed by atoms with Gasteiger partial charge >= 0.3 is 5.97 Å². The van der Waals surface area contributed by atoms with Gasteiger partial charge in [-0.15, -0.1) is 0 Å². The van der Waals surface area contributed by atoms with E-state index in [0.29, 0.717) is 24.4 Å². The third-order valence-electron chi connectivity index (χ3n) is 3.55. The average molecular weight is 320 g/mol. The lowest BCUT2D eigenvalue weighted by Crippen LogP contribution is -2.26.